The first-order chi connectivity index (χ1) is 17.4. The molecule has 1 aliphatic rings. The van der Waals surface area contributed by atoms with Gasteiger partial charge in [0.1, 0.15) is 16.7 Å². The monoisotopic (exact) mass is 508 g/mol. The largest absolute Gasteiger partial charge is 0.480 e. The van der Waals surface area contributed by atoms with Crippen LogP contribution in [0.15, 0.2) is 42.6 Å². The Bertz CT molecular complexity index is 1310. The van der Waals surface area contributed by atoms with Gasteiger partial charge in [-0.05, 0) is 69.7 Å². The molecule has 1 aromatic carbocycles. The number of benzene rings is 1. The van der Waals surface area contributed by atoms with Crippen molar-refractivity contribution >= 4 is 46.4 Å². The van der Waals surface area contributed by atoms with Gasteiger partial charge >= 0.3 is 0 Å². The van der Waals surface area contributed by atoms with E-state index in [1.807, 2.05) is 76.0 Å². The van der Waals surface area contributed by atoms with Crippen molar-refractivity contribution in [3.8, 4) is 5.75 Å². The minimum Gasteiger partial charge on any atom is -0.480 e. The van der Waals surface area contributed by atoms with E-state index in [1.165, 1.54) is 5.22 Å². The van der Waals surface area contributed by atoms with Gasteiger partial charge in [0.2, 0.25) is 0 Å². The fraction of sp³-hybridized carbons (Fsp3) is 0.414. The topological polar surface area (TPSA) is 58.6 Å². The molecule has 36 heavy (non-hydrogen) atoms. The smallest absolute Gasteiger partial charge is 0.263 e. The van der Waals surface area contributed by atoms with E-state index in [0.29, 0.717) is 17.4 Å². The predicted molar refractivity (Wildman–Crippen MR) is 150 cm³/mol. The Kier molecular flexibility index (Phi) is 9.71. The van der Waals surface area contributed by atoms with Crippen molar-refractivity contribution < 1.29 is 9.53 Å². The average Bonchev–Trinajstić information content (AvgIpc) is 3.10. The van der Waals surface area contributed by atoms with Crippen LogP contribution in [0.3, 0.4) is 0 Å². The molecule has 6 nitrogen and oxygen atoms in total. The van der Waals surface area contributed by atoms with E-state index in [1.54, 1.807) is 6.07 Å². The maximum Gasteiger partial charge on any atom is 0.263 e. The van der Waals surface area contributed by atoms with Crippen LogP contribution in [0, 0.1) is 0 Å². The molecule has 2 aromatic heterocycles. The summed E-state index contributed by atoms with van der Waals surface area (Å²) < 4.78 is 6.14. The van der Waals surface area contributed by atoms with Gasteiger partial charge in [-0.15, -0.1) is 0 Å². The number of anilines is 1. The number of pyridine rings is 2. The fourth-order valence-corrected chi connectivity index (χ4v) is 4.71. The lowest BCUT2D eigenvalue weighted by atomic mass is 10.1. The second-order valence-corrected chi connectivity index (χ2v) is 8.98. The van der Waals surface area contributed by atoms with Crippen molar-refractivity contribution in [2.75, 3.05) is 24.5 Å². The Morgan fingerprint density at radius 2 is 1.89 bits per heavy atom. The Labute approximate surface area is 219 Å². The summed E-state index contributed by atoms with van der Waals surface area (Å²) >= 11 is 6.03. The van der Waals surface area contributed by atoms with Gasteiger partial charge in [-0.2, -0.15) is 0 Å². The molecule has 1 amide bonds. The van der Waals surface area contributed by atoms with Gasteiger partial charge in [0.05, 0.1) is 5.52 Å². The molecule has 0 radical (unpaired) electrons. The van der Waals surface area contributed by atoms with E-state index in [-0.39, 0.29) is 11.9 Å². The van der Waals surface area contributed by atoms with E-state index in [2.05, 4.69) is 33.9 Å². The maximum atomic E-state index is 13.4. The van der Waals surface area contributed by atoms with Gasteiger partial charge in [-0.25, -0.2) is 9.97 Å². The molecule has 2 unspecified atom stereocenters. The van der Waals surface area contributed by atoms with Crippen molar-refractivity contribution in [1.82, 2.24) is 14.9 Å². The Balaban J connectivity index is 0.00000176. The second-order valence-electron chi connectivity index (χ2n) is 8.59. The van der Waals surface area contributed by atoms with Gasteiger partial charge in [-0.1, -0.05) is 43.7 Å². The van der Waals surface area contributed by atoms with E-state index in [0.717, 1.165) is 41.4 Å². The summed E-state index contributed by atoms with van der Waals surface area (Å²) in [6, 6.07) is 11.4. The van der Waals surface area contributed by atoms with Crippen LogP contribution >= 0.6 is 11.6 Å². The SMILES string of the molecule is C/C=c1/ccnc(N2CCC(C)N(C(=O)C(C)Oc3cccc4nc(Cl)ccc34)CC2)/c1=C/C.CC. The van der Waals surface area contributed by atoms with E-state index < -0.39 is 6.10 Å². The molecule has 1 aliphatic heterocycles. The highest BCUT2D eigenvalue weighted by Crippen LogP contribution is 2.27. The second kappa shape index (κ2) is 12.7. The molecule has 0 N–H and O–H groups in total. The Morgan fingerprint density at radius 1 is 1.11 bits per heavy atom. The predicted octanol–water partition coefficient (Wildman–Crippen LogP) is 4.80. The molecule has 0 aliphatic carbocycles. The Morgan fingerprint density at radius 3 is 2.61 bits per heavy atom. The lowest BCUT2D eigenvalue weighted by Crippen LogP contribution is -2.46. The minimum absolute atomic E-state index is 0.0147. The summed E-state index contributed by atoms with van der Waals surface area (Å²) in [4.78, 5) is 26.7. The third kappa shape index (κ3) is 5.98. The van der Waals surface area contributed by atoms with Gasteiger partial charge in [0, 0.05) is 42.5 Å². The highest BCUT2D eigenvalue weighted by Gasteiger charge is 2.30. The molecule has 0 saturated carbocycles. The zero-order chi connectivity index (χ0) is 26.2. The number of ether oxygens (including phenoxy) is 1. The summed E-state index contributed by atoms with van der Waals surface area (Å²) in [5.41, 5.74) is 0.742. The van der Waals surface area contributed by atoms with Crippen molar-refractivity contribution in [3.63, 3.8) is 0 Å². The van der Waals surface area contributed by atoms with Crippen LogP contribution in [0.25, 0.3) is 23.1 Å². The molecule has 4 rings (SSSR count). The number of nitrogens with zero attached hydrogens (tertiary/aromatic N) is 4. The lowest BCUT2D eigenvalue weighted by Gasteiger charge is -2.29. The molecule has 0 bridgehead atoms. The van der Waals surface area contributed by atoms with Crippen LogP contribution in [0.5, 0.6) is 5.75 Å². The van der Waals surface area contributed by atoms with Crippen LogP contribution in [0.2, 0.25) is 5.15 Å². The maximum absolute atomic E-state index is 13.4. The highest BCUT2D eigenvalue weighted by molar-refractivity contribution is 6.29. The normalized spacial score (nSPS) is 17.9. The molecule has 1 fully saturated rings. The standard InChI is InChI=1S/C27H31ClN4O2.C2H6/c1-5-20-12-14-29-26(21(20)6-2)31-15-13-18(3)32(17-16-31)27(33)19(4)34-24-9-7-8-23-22(24)10-11-25(28)30-23;1-2/h5-12,14,18-19H,13,15-17H2,1-4H3;1-2H3/b20-5-,21-6+;. The third-order valence-corrected chi connectivity index (χ3v) is 6.66. The third-order valence-electron chi connectivity index (χ3n) is 6.45. The molecular weight excluding hydrogens is 472 g/mol. The van der Waals surface area contributed by atoms with Crippen molar-refractivity contribution in [2.45, 2.75) is 60.1 Å². The highest BCUT2D eigenvalue weighted by atomic mass is 35.5. The van der Waals surface area contributed by atoms with Gasteiger partial charge < -0.3 is 14.5 Å². The molecular formula is C29H37ClN4O2. The van der Waals surface area contributed by atoms with Crippen molar-refractivity contribution in [1.29, 1.82) is 0 Å². The van der Waals surface area contributed by atoms with Crippen molar-refractivity contribution in [2.24, 2.45) is 0 Å². The number of hydrogen-bond donors (Lipinski definition) is 0. The van der Waals surface area contributed by atoms with Crippen LogP contribution in [-0.2, 0) is 4.79 Å². The number of amides is 1. The van der Waals surface area contributed by atoms with Crippen molar-refractivity contribution in [3.05, 3.63) is 58.2 Å². The van der Waals surface area contributed by atoms with E-state index in [4.69, 9.17) is 16.3 Å². The van der Waals surface area contributed by atoms with Crippen LogP contribution in [0.1, 0.15) is 48.0 Å². The van der Waals surface area contributed by atoms with Gasteiger partial charge in [-0.3, -0.25) is 4.79 Å². The summed E-state index contributed by atoms with van der Waals surface area (Å²) in [7, 11) is 0. The van der Waals surface area contributed by atoms with E-state index in [9.17, 15) is 4.79 Å². The first kappa shape index (κ1) is 27.5. The summed E-state index contributed by atoms with van der Waals surface area (Å²) in [5.74, 6) is 1.59. The zero-order valence-electron chi connectivity index (χ0n) is 22.2. The first-order valence-electron chi connectivity index (χ1n) is 12.8. The van der Waals surface area contributed by atoms with Crippen LogP contribution in [-0.4, -0.2) is 52.6 Å². The number of carbonyl (C=O) groups excluding carboxylic acids is 1. The molecule has 3 aromatic rings. The van der Waals surface area contributed by atoms with Crippen LogP contribution < -0.4 is 20.1 Å². The Hall–Kier alpha value is -3.12. The molecule has 3 heterocycles. The quantitative estimate of drug-likeness (QED) is 0.473. The number of aromatic nitrogens is 2. The summed E-state index contributed by atoms with van der Waals surface area (Å²) in [5, 5.41) is 3.57. The van der Waals surface area contributed by atoms with Gasteiger partial charge in [0.15, 0.2) is 6.10 Å². The molecule has 2 atom stereocenters. The summed E-state index contributed by atoms with van der Waals surface area (Å²) in [6.45, 7) is 14.2. The average molecular weight is 509 g/mol. The van der Waals surface area contributed by atoms with Crippen LogP contribution in [0.4, 0.5) is 5.82 Å². The minimum atomic E-state index is -0.619. The lowest BCUT2D eigenvalue weighted by molar-refractivity contribution is -0.139. The number of carbonyl (C=O) groups is 1. The molecule has 0 spiro atoms. The number of halogens is 1. The molecule has 1 saturated heterocycles. The number of hydrogen-bond acceptors (Lipinski definition) is 5. The zero-order valence-corrected chi connectivity index (χ0v) is 22.9. The number of rotatable bonds is 4. The fourth-order valence-electron chi connectivity index (χ4n) is 4.55. The molecule has 192 valence electrons. The summed E-state index contributed by atoms with van der Waals surface area (Å²) in [6.07, 6.45) is 6.31. The molecule has 7 heteroatoms. The number of fused-ring (bicyclic) bond motifs is 1. The first-order valence-corrected chi connectivity index (χ1v) is 13.2. The van der Waals surface area contributed by atoms with Gasteiger partial charge in [0.25, 0.3) is 5.91 Å². The van der Waals surface area contributed by atoms with E-state index >= 15 is 0 Å².